The van der Waals surface area contributed by atoms with Crippen LogP contribution in [0.15, 0.2) is 43.0 Å². The molecule has 0 spiro atoms. The van der Waals surface area contributed by atoms with Crippen LogP contribution in [0.5, 0.6) is 0 Å². The average Bonchev–Trinajstić information content (AvgIpc) is 2.86. The van der Waals surface area contributed by atoms with E-state index < -0.39 is 0 Å². The minimum absolute atomic E-state index is 0.136. The van der Waals surface area contributed by atoms with E-state index in [0.29, 0.717) is 5.82 Å². The van der Waals surface area contributed by atoms with Crippen molar-refractivity contribution < 1.29 is 4.79 Å². The maximum absolute atomic E-state index is 11.1. The molecule has 5 heteroatoms. The highest BCUT2D eigenvalue weighted by atomic mass is 16.1. The molecule has 0 aromatic carbocycles. The highest BCUT2D eigenvalue weighted by Gasteiger charge is 2.06. The minimum Gasteiger partial charge on any atom is -0.360 e. The summed E-state index contributed by atoms with van der Waals surface area (Å²) in [6, 6.07) is 5.74. The van der Waals surface area contributed by atoms with Gasteiger partial charge in [-0.2, -0.15) is 0 Å². The molecule has 0 saturated carbocycles. The Bertz CT molecular complexity index is 748. The third-order valence-corrected chi connectivity index (χ3v) is 2.85. The summed E-state index contributed by atoms with van der Waals surface area (Å²) in [5, 5.41) is 3.77. The van der Waals surface area contributed by atoms with Crippen LogP contribution in [0.4, 0.5) is 5.82 Å². The van der Waals surface area contributed by atoms with E-state index in [2.05, 4.69) is 20.3 Å². The van der Waals surface area contributed by atoms with Crippen LogP contribution in [0.25, 0.3) is 22.0 Å². The van der Waals surface area contributed by atoms with E-state index >= 15 is 0 Å². The van der Waals surface area contributed by atoms with Crippen LogP contribution in [-0.2, 0) is 4.79 Å². The van der Waals surface area contributed by atoms with Crippen molar-refractivity contribution in [2.45, 2.75) is 6.92 Å². The first kappa shape index (κ1) is 11.4. The number of nitrogens with zero attached hydrogens (tertiary/aromatic N) is 2. The summed E-state index contributed by atoms with van der Waals surface area (Å²) in [5.41, 5.74) is 2.96. The van der Waals surface area contributed by atoms with E-state index in [9.17, 15) is 4.79 Å². The zero-order valence-corrected chi connectivity index (χ0v) is 10.3. The van der Waals surface area contributed by atoms with Crippen LogP contribution in [0.1, 0.15) is 6.92 Å². The molecule has 0 aliphatic heterocycles. The number of hydrogen-bond donors (Lipinski definition) is 2. The van der Waals surface area contributed by atoms with Crippen molar-refractivity contribution in [3.63, 3.8) is 0 Å². The van der Waals surface area contributed by atoms with Gasteiger partial charge in [-0.3, -0.25) is 9.78 Å². The molecule has 0 unspecified atom stereocenters. The lowest BCUT2D eigenvalue weighted by Crippen LogP contribution is -2.07. The van der Waals surface area contributed by atoms with Crippen molar-refractivity contribution in [1.82, 2.24) is 15.0 Å². The molecule has 3 heterocycles. The van der Waals surface area contributed by atoms with E-state index in [-0.39, 0.29) is 5.91 Å². The Morgan fingerprint density at radius 2 is 2.21 bits per heavy atom. The zero-order chi connectivity index (χ0) is 13.2. The van der Waals surface area contributed by atoms with Gasteiger partial charge in [-0.05, 0) is 23.8 Å². The number of hydrogen-bond acceptors (Lipinski definition) is 3. The van der Waals surface area contributed by atoms with Crippen molar-refractivity contribution in [1.29, 1.82) is 0 Å². The van der Waals surface area contributed by atoms with Gasteiger partial charge in [-0.25, -0.2) is 4.98 Å². The molecule has 0 fully saturated rings. The number of carbonyl (C=O) groups excluding carboxylic acids is 1. The summed E-state index contributed by atoms with van der Waals surface area (Å²) in [5.74, 6) is 0.403. The second-order valence-corrected chi connectivity index (χ2v) is 4.24. The number of aromatic nitrogens is 3. The van der Waals surface area contributed by atoms with E-state index in [4.69, 9.17) is 0 Å². The number of H-pyrrole nitrogens is 1. The van der Waals surface area contributed by atoms with Gasteiger partial charge in [0.2, 0.25) is 5.91 Å². The van der Waals surface area contributed by atoms with Gasteiger partial charge in [0, 0.05) is 36.5 Å². The summed E-state index contributed by atoms with van der Waals surface area (Å²) in [4.78, 5) is 22.5. The molecule has 3 aromatic rings. The van der Waals surface area contributed by atoms with Crippen molar-refractivity contribution in [3.05, 3.63) is 43.0 Å². The average molecular weight is 252 g/mol. The SMILES string of the molecule is CC(=O)Nc1cc(-c2cncc3[nH]ccc23)ccn1. The molecule has 2 N–H and O–H groups in total. The van der Waals surface area contributed by atoms with Gasteiger partial charge in [0.1, 0.15) is 5.82 Å². The largest absolute Gasteiger partial charge is 0.360 e. The number of pyridine rings is 2. The van der Waals surface area contributed by atoms with Gasteiger partial charge in [0.15, 0.2) is 0 Å². The molecule has 5 nitrogen and oxygen atoms in total. The Balaban J connectivity index is 2.11. The molecule has 0 bridgehead atoms. The number of nitrogens with one attached hydrogen (secondary N) is 2. The smallest absolute Gasteiger partial charge is 0.222 e. The molecule has 94 valence electrons. The molecular formula is C14H12N4O. The predicted molar refractivity (Wildman–Crippen MR) is 73.6 cm³/mol. The van der Waals surface area contributed by atoms with Crippen molar-refractivity contribution in [2.24, 2.45) is 0 Å². The zero-order valence-electron chi connectivity index (χ0n) is 10.3. The third-order valence-electron chi connectivity index (χ3n) is 2.85. The molecule has 0 radical (unpaired) electrons. The van der Waals surface area contributed by atoms with Crippen molar-refractivity contribution >= 4 is 22.6 Å². The lowest BCUT2D eigenvalue weighted by Gasteiger charge is -2.06. The van der Waals surface area contributed by atoms with Gasteiger partial charge in [-0.15, -0.1) is 0 Å². The van der Waals surface area contributed by atoms with Crippen LogP contribution >= 0.6 is 0 Å². The van der Waals surface area contributed by atoms with Gasteiger partial charge in [-0.1, -0.05) is 0 Å². The molecule has 1 amide bonds. The Morgan fingerprint density at radius 3 is 3.05 bits per heavy atom. The molecule has 19 heavy (non-hydrogen) atoms. The van der Waals surface area contributed by atoms with E-state index in [1.807, 2.05) is 30.6 Å². The molecule has 0 aliphatic carbocycles. The van der Waals surface area contributed by atoms with Gasteiger partial charge < -0.3 is 10.3 Å². The predicted octanol–water partition coefficient (Wildman–Crippen LogP) is 2.58. The fourth-order valence-electron chi connectivity index (χ4n) is 2.06. The third kappa shape index (κ3) is 2.18. The minimum atomic E-state index is -0.136. The first-order valence-electron chi connectivity index (χ1n) is 5.89. The van der Waals surface area contributed by atoms with Gasteiger partial charge >= 0.3 is 0 Å². The first-order valence-corrected chi connectivity index (χ1v) is 5.89. The Kier molecular flexibility index (Phi) is 2.72. The highest BCUT2D eigenvalue weighted by Crippen LogP contribution is 2.27. The second kappa shape index (κ2) is 4.53. The van der Waals surface area contributed by atoms with E-state index in [1.54, 1.807) is 12.4 Å². The van der Waals surface area contributed by atoms with Crippen LogP contribution < -0.4 is 5.32 Å². The van der Waals surface area contributed by atoms with Gasteiger partial charge in [0.05, 0.1) is 11.7 Å². The van der Waals surface area contributed by atoms with E-state index in [1.165, 1.54) is 6.92 Å². The van der Waals surface area contributed by atoms with E-state index in [0.717, 1.165) is 22.0 Å². The number of rotatable bonds is 2. The number of fused-ring (bicyclic) bond motifs is 1. The Labute approximate surface area is 109 Å². The quantitative estimate of drug-likeness (QED) is 0.736. The maximum Gasteiger partial charge on any atom is 0.222 e. The first-order chi connectivity index (χ1) is 9.24. The molecular weight excluding hydrogens is 240 g/mol. The van der Waals surface area contributed by atoms with Crippen LogP contribution in [0.3, 0.4) is 0 Å². The maximum atomic E-state index is 11.1. The van der Waals surface area contributed by atoms with Crippen LogP contribution in [0.2, 0.25) is 0 Å². The number of amides is 1. The van der Waals surface area contributed by atoms with Crippen LogP contribution in [0, 0.1) is 0 Å². The Morgan fingerprint density at radius 1 is 1.32 bits per heavy atom. The van der Waals surface area contributed by atoms with Gasteiger partial charge in [0.25, 0.3) is 0 Å². The molecule has 3 aromatic heterocycles. The summed E-state index contributed by atoms with van der Waals surface area (Å²) >= 11 is 0. The molecule has 0 atom stereocenters. The normalized spacial score (nSPS) is 10.6. The monoisotopic (exact) mass is 252 g/mol. The highest BCUT2D eigenvalue weighted by molar-refractivity contribution is 5.95. The fourth-order valence-corrected chi connectivity index (χ4v) is 2.06. The number of anilines is 1. The summed E-state index contributed by atoms with van der Waals surface area (Å²) in [6.45, 7) is 1.46. The number of carbonyl (C=O) groups is 1. The standard InChI is InChI=1S/C14H12N4O/c1-9(19)18-14-6-10(2-4-17-14)12-7-15-8-13-11(12)3-5-16-13/h2-8,16H,1H3,(H,17,18,19). The summed E-state index contributed by atoms with van der Waals surface area (Å²) in [7, 11) is 0. The molecule has 0 saturated heterocycles. The topological polar surface area (TPSA) is 70.7 Å². The summed E-state index contributed by atoms with van der Waals surface area (Å²) < 4.78 is 0. The molecule has 3 rings (SSSR count). The lowest BCUT2D eigenvalue weighted by molar-refractivity contribution is -0.114. The van der Waals surface area contributed by atoms with Crippen LogP contribution in [-0.4, -0.2) is 20.9 Å². The lowest BCUT2D eigenvalue weighted by atomic mass is 10.1. The Hall–Kier alpha value is -2.69. The fraction of sp³-hybridized carbons (Fsp3) is 0.0714. The summed E-state index contributed by atoms with van der Waals surface area (Å²) in [6.07, 6.45) is 7.15. The molecule has 0 aliphatic rings. The van der Waals surface area contributed by atoms with Crippen molar-refractivity contribution in [3.8, 4) is 11.1 Å². The number of aromatic amines is 1. The second-order valence-electron chi connectivity index (χ2n) is 4.24. The van der Waals surface area contributed by atoms with Crippen molar-refractivity contribution in [2.75, 3.05) is 5.32 Å².